The van der Waals surface area contributed by atoms with Crippen molar-refractivity contribution in [2.75, 3.05) is 20.7 Å². The number of amides is 2. The van der Waals surface area contributed by atoms with Gasteiger partial charge in [-0.15, -0.1) is 0 Å². The van der Waals surface area contributed by atoms with Crippen molar-refractivity contribution in [2.45, 2.75) is 12.5 Å². The number of hydrogen-bond acceptors (Lipinski definition) is 5. The minimum atomic E-state index is -0.385. The molecule has 7 nitrogen and oxygen atoms in total. The summed E-state index contributed by atoms with van der Waals surface area (Å²) in [5.41, 5.74) is 2.39. The summed E-state index contributed by atoms with van der Waals surface area (Å²) in [4.78, 5) is 27.1. The van der Waals surface area contributed by atoms with Crippen LogP contribution in [0.25, 0.3) is 0 Å². The highest BCUT2D eigenvalue weighted by atomic mass is 35.5. The molecule has 0 saturated carbocycles. The summed E-state index contributed by atoms with van der Waals surface area (Å²) in [5.74, 6) is 0.169. The lowest BCUT2D eigenvalue weighted by Crippen LogP contribution is -2.39. The maximum absolute atomic E-state index is 13.3. The maximum atomic E-state index is 13.3. The zero-order valence-corrected chi connectivity index (χ0v) is 18.5. The molecule has 0 unspecified atom stereocenters. The molecule has 2 heterocycles. The number of furan rings is 1. The highest BCUT2D eigenvalue weighted by Crippen LogP contribution is 2.36. The molecule has 0 N–H and O–H groups in total. The number of likely N-dealkylation sites (N-methyl/N-ethyl adjacent to an activating group) is 1. The average molecular weight is 452 g/mol. The van der Waals surface area contributed by atoms with Gasteiger partial charge in [0.25, 0.3) is 11.8 Å². The first kappa shape index (κ1) is 21.6. The van der Waals surface area contributed by atoms with Crippen LogP contribution in [0.15, 0.2) is 76.4 Å². The summed E-state index contributed by atoms with van der Waals surface area (Å²) in [7, 11) is 3.15. The van der Waals surface area contributed by atoms with Gasteiger partial charge in [0.1, 0.15) is 12.3 Å². The third-order valence-corrected chi connectivity index (χ3v) is 5.63. The first-order valence-corrected chi connectivity index (χ1v) is 10.4. The fraction of sp³-hybridized carbons (Fsp3) is 0.208. The zero-order valence-electron chi connectivity index (χ0n) is 17.7. The summed E-state index contributed by atoms with van der Waals surface area (Å²) in [6.45, 7) is -0.157. The van der Waals surface area contributed by atoms with Gasteiger partial charge in [-0.2, -0.15) is 5.10 Å². The molecule has 1 aliphatic rings. The highest BCUT2D eigenvalue weighted by Gasteiger charge is 2.35. The molecule has 0 radical (unpaired) electrons. The Morgan fingerprint density at radius 1 is 1.19 bits per heavy atom. The fourth-order valence-electron chi connectivity index (χ4n) is 3.64. The van der Waals surface area contributed by atoms with E-state index >= 15 is 0 Å². The van der Waals surface area contributed by atoms with Crippen molar-refractivity contribution < 1.29 is 18.7 Å². The first-order valence-electron chi connectivity index (χ1n) is 10.0. The SMILES string of the molecule is COc1cccc(C2=NN(C(=O)CN(C)C(=O)c3ccco3)[C@H](c3ccccc3Cl)C2)c1. The molecule has 1 aliphatic heterocycles. The molecular formula is C24H22ClN3O4. The lowest BCUT2D eigenvalue weighted by molar-refractivity contribution is -0.133. The number of carbonyl (C=O) groups excluding carboxylic acids is 2. The number of nitrogens with zero attached hydrogens (tertiary/aromatic N) is 3. The molecule has 2 aromatic carbocycles. The molecule has 0 spiro atoms. The van der Waals surface area contributed by atoms with Crippen LogP contribution in [0, 0.1) is 0 Å². The molecule has 0 aliphatic carbocycles. The van der Waals surface area contributed by atoms with Crippen LogP contribution >= 0.6 is 11.6 Å². The Morgan fingerprint density at radius 2 is 2.00 bits per heavy atom. The van der Waals surface area contributed by atoms with Crippen molar-refractivity contribution in [1.82, 2.24) is 9.91 Å². The van der Waals surface area contributed by atoms with E-state index in [1.54, 1.807) is 32.4 Å². The van der Waals surface area contributed by atoms with Gasteiger partial charge in [0.15, 0.2) is 5.76 Å². The number of benzene rings is 2. The van der Waals surface area contributed by atoms with Gasteiger partial charge in [0.05, 0.1) is 25.1 Å². The predicted molar refractivity (Wildman–Crippen MR) is 121 cm³/mol. The average Bonchev–Trinajstić information content (AvgIpc) is 3.49. The summed E-state index contributed by atoms with van der Waals surface area (Å²) in [5, 5.41) is 6.60. The monoisotopic (exact) mass is 451 g/mol. The Morgan fingerprint density at radius 3 is 2.72 bits per heavy atom. The van der Waals surface area contributed by atoms with Crippen molar-refractivity contribution in [2.24, 2.45) is 5.10 Å². The molecule has 0 bridgehead atoms. The Balaban J connectivity index is 1.63. The minimum Gasteiger partial charge on any atom is -0.497 e. The van der Waals surface area contributed by atoms with Crippen LogP contribution in [-0.4, -0.2) is 48.1 Å². The molecule has 1 aromatic heterocycles. The van der Waals surface area contributed by atoms with E-state index < -0.39 is 0 Å². The quantitative estimate of drug-likeness (QED) is 0.557. The number of ether oxygens (including phenoxy) is 1. The van der Waals surface area contributed by atoms with Crippen molar-refractivity contribution in [3.63, 3.8) is 0 Å². The summed E-state index contributed by atoms with van der Waals surface area (Å²) < 4.78 is 10.5. The van der Waals surface area contributed by atoms with Gasteiger partial charge < -0.3 is 14.1 Å². The molecule has 0 saturated heterocycles. The lowest BCUT2D eigenvalue weighted by atomic mass is 9.98. The van der Waals surface area contributed by atoms with E-state index in [0.29, 0.717) is 17.2 Å². The van der Waals surface area contributed by atoms with Crippen LogP contribution in [-0.2, 0) is 4.79 Å². The van der Waals surface area contributed by atoms with Gasteiger partial charge in [0.2, 0.25) is 0 Å². The van der Waals surface area contributed by atoms with Crippen LogP contribution in [0.5, 0.6) is 5.75 Å². The van der Waals surface area contributed by atoms with Crippen LogP contribution in [0.2, 0.25) is 5.02 Å². The lowest BCUT2D eigenvalue weighted by Gasteiger charge is -2.25. The van der Waals surface area contributed by atoms with Crippen molar-refractivity contribution in [3.8, 4) is 5.75 Å². The number of carbonyl (C=O) groups is 2. The summed E-state index contributed by atoms with van der Waals surface area (Å²) in [6.07, 6.45) is 1.90. The van der Waals surface area contributed by atoms with E-state index in [-0.39, 0.29) is 30.2 Å². The Labute approximate surface area is 190 Å². The number of hydrazone groups is 1. The van der Waals surface area contributed by atoms with Gasteiger partial charge in [-0.25, -0.2) is 5.01 Å². The van der Waals surface area contributed by atoms with Gasteiger partial charge in [-0.1, -0.05) is 41.9 Å². The van der Waals surface area contributed by atoms with Crippen molar-refractivity contribution in [3.05, 3.63) is 88.8 Å². The molecule has 1 atom stereocenters. The number of methoxy groups -OCH3 is 1. The molecular weight excluding hydrogens is 430 g/mol. The number of rotatable bonds is 6. The second-order valence-electron chi connectivity index (χ2n) is 7.40. The smallest absolute Gasteiger partial charge is 0.289 e. The number of halogens is 1. The largest absolute Gasteiger partial charge is 0.497 e. The fourth-order valence-corrected chi connectivity index (χ4v) is 3.90. The normalized spacial score (nSPS) is 15.4. The van der Waals surface area contributed by atoms with E-state index in [1.807, 2.05) is 42.5 Å². The molecule has 8 heteroatoms. The highest BCUT2D eigenvalue weighted by molar-refractivity contribution is 6.31. The van der Waals surface area contributed by atoms with E-state index in [9.17, 15) is 9.59 Å². The third-order valence-electron chi connectivity index (χ3n) is 5.28. The van der Waals surface area contributed by atoms with Crippen LogP contribution in [0.4, 0.5) is 0 Å². The van der Waals surface area contributed by atoms with E-state index in [1.165, 1.54) is 16.2 Å². The topological polar surface area (TPSA) is 75.3 Å². The van der Waals surface area contributed by atoms with E-state index in [2.05, 4.69) is 5.10 Å². The molecule has 0 fully saturated rings. The zero-order chi connectivity index (χ0) is 22.7. The molecule has 2 amide bonds. The molecule has 32 heavy (non-hydrogen) atoms. The van der Waals surface area contributed by atoms with Gasteiger partial charge in [-0.05, 0) is 35.9 Å². The Hall–Kier alpha value is -3.58. The van der Waals surface area contributed by atoms with Gasteiger partial charge in [-0.3, -0.25) is 9.59 Å². The van der Waals surface area contributed by atoms with Crippen LogP contribution in [0.1, 0.15) is 34.1 Å². The van der Waals surface area contributed by atoms with Crippen LogP contribution < -0.4 is 4.74 Å². The predicted octanol–water partition coefficient (Wildman–Crippen LogP) is 4.39. The maximum Gasteiger partial charge on any atom is 0.289 e. The van der Waals surface area contributed by atoms with Gasteiger partial charge in [0, 0.05) is 24.1 Å². The summed E-state index contributed by atoms with van der Waals surface area (Å²) >= 11 is 6.45. The summed E-state index contributed by atoms with van der Waals surface area (Å²) in [6, 6.07) is 17.7. The molecule has 164 valence electrons. The van der Waals surface area contributed by atoms with E-state index in [4.69, 9.17) is 20.8 Å². The Bertz CT molecular complexity index is 1160. The van der Waals surface area contributed by atoms with Crippen LogP contribution in [0.3, 0.4) is 0 Å². The van der Waals surface area contributed by atoms with E-state index in [0.717, 1.165) is 16.8 Å². The minimum absolute atomic E-state index is 0.157. The number of hydrogen-bond donors (Lipinski definition) is 0. The molecule has 4 rings (SSSR count). The van der Waals surface area contributed by atoms with Gasteiger partial charge >= 0.3 is 0 Å². The first-order chi connectivity index (χ1) is 15.5. The second kappa shape index (κ2) is 9.28. The third kappa shape index (κ3) is 4.38. The second-order valence-corrected chi connectivity index (χ2v) is 7.80. The molecule has 3 aromatic rings. The Kier molecular flexibility index (Phi) is 6.28. The van der Waals surface area contributed by atoms with Crippen molar-refractivity contribution >= 4 is 29.1 Å². The van der Waals surface area contributed by atoms with Crippen molar-refractivity contribution in [1.29, 1.82) is 0 Å². The standard InChI is InChI=1S/C24H22ClN3O4/c1-27(24(30)22-11-6-12-32-22)15-23(29)28-21(18-9-3-4-10-19(18)25)14-20(26-28)16-7-5-8-17(13-16)31-2/h3-13,21H,14-15H2,1-2H3/t21-/m0/s1.